The summed E-state index contributed by atoms with van der Waals surface area (Å²) < 4.78 is 18.2. The van der Waals surface area contributed by atoms with Crippen LogP contribution in [0, 0.1) is 0 Å². The van der Waals surface area contributed by atoms with Crippen LogP contribution in [-0.2, 0) is 20.9 Å². The molecule has 0 radical (unpaired) electrons. The zero-order valence-corrected chi connectivity index (χ0v) is 24.9. The lowest BCUT2D eigenvalue weighted by Gasteiger charge is -2.26. The van der Waals surface area contributed by atoms with E-state index in [-0.39, 0.29) is 22.6 Å². The molecule has 0 spiro atoms. The Hall–Kier alpha value is -4.96. The van der Waals surface area contributed by atoms with Gasteiger partial charge < -0.3 is 19.1 Å². The SMILES string of the molecule is CCOC(=O)C1=C(C)N=c2s/c(=C3\C(=O)N(Cc4ccccc4)c4ccccc43)c(=O)n2[C@@H]1c1ccc(OC)cc1OC. The lowest BCUT2D eigenvalue weighted by atomic mass is 9.95. The highest BCUT2D eigenvalue weighted by Gasteiger charge is 2.38. The van der Waals surface area contributed by atoms with Crippen molar-refractivity contribution in [3.05, 3.63) is 120 Å². The summed E-state index contributed by atoms with van der Waals surface area (Å²) in [5.41, 5.74) is 3.45. The number of hydrogen-bond acceptors (Lipinski definition) is 8. The molecule has 0 saturated heterocycles. The molecule has 10 heteroatoms. The second-order valence-corrected chi connectivity index (χ2v) is 11.0. The first-order valence-corrected chi connectivity index (χ1v) is 14.6. The summed E-state index contributed by atoms with van der Waals surface area (Å²) in [4.78, 5) is 48.6. The fourth-order valence-corrected chi connectivity index (χ4v) is 6.74. The van der Waals surface area contributed by atoms with Gasteiger partial charge in [-0.25, -0.2) is 9.79 Å². The van der Waals surface area contributed by atoms with Crippen molar-refractivity contribution in [3.8, 4) is 11.5 Å². The Kier molecular flexibility index (Phi) is 7.45. The van der Waals surface area contributed by atoms with Crippen LogP contribution in [0.25, 0.3) is 5.57 Å². The number of rotatable bonds is 7. The lowest BCUT2D eigenvalue weighted by Crippen LogP contribution is -2.41. The van der Waals surface area contributed by atoms with Gasteiger partial charge >= 0.3 is 5.97 Å². The number of carbonyl (C=O) groups excluding carboxylic acids is 2. The van der Waals surface area contributed by atoms with E-state index in [4.69, 9.17) is 14.2 Å². The summed E-state index contributed by atoms with van der Waals surface area (Å²) in [5.74, 6) is 0.131. The molecular weight excluding hydrogens is 566 g/mol. The second kappa shape index (κ2) is 11.4. The Morgan fingerprint density at radius 1 is 0.977 bits per heavy atom. The number of thiazole rings is 1. The molecule has 2 aliphatic heterocycles. The molecular formula is C33H29N3O6S. The maximum Gasteiger partial charge on any atom is 0.338 e. The minimum atomic E-state index is -0.905. The molecule has 3 heterocycles. The molecule has 4 aromatic rings. The Morgan fingerprint density at radius 2 is 1.72 bits per heavy atom. The van der Waals surface area contributed by atoms with Crippen molar-refractivity contribution >= 4 is 34.5 Å². The predicted octanol–water partition coefficient (Wildman–Crippen LogP) is 3.73. The number of para-hydroxylation sites is 1. The zero-order chi connectivity index (χ0) is 30.2. The fourth-order valence-electron chi connectivity index (χ4n) is 5.60. The van der Waals surface area contributed by atoms with Crippen LogP contribution in [0.2, 0.25) is 0 Å². The Labute approximate surface area is 251 Å². The summed E-state index contributed by atoms with van der Waals surface area (Å²) in [6.45, 7) is 3.95. The molecule has 6 rings (SSSR count). The lowest BCUT2D eigenvalue weighted by molar-refractivity contribution is -0.139. The minimum Gasteiger partial charge on any atom is -0.497 e. The number of anilines is 1. The number of benzene rings is 3. The van der Waals surface area contributed by atoms with Crippen molar-refractivity contribution in [3.63, 3.8) is 0 Å². The van der Waals surface area contributed by atoms with Gasteiger partial charge in [-0.15, -0.1) is 0 Å². The summed E-state index contributed by atoms with van der Waals surface area (Å²) in [7, 11) is 3.06. The third kappa shape index (κ3) is 4.73. The van der Waals surface area contributed by atoms with E-state index in [2.05, 4.69) is 4.99 Å². The van der Waals surface area contributed by atoms with Crippen molar-refractivity contribution in [1.82, 2.24) is 4.57 Å². The normalized spacial score (nSPS) is 16.9. The zero-order valence-electron chi connectivity index (χ0n) is 24.1. The molecule has 1 atom stereocenters. The highest BCUT2D eigenvalue weighted by Crippen LogP contribution is 2.39. The van der Waals surface area contributed by atoms with Crippen molar-refractivity contribution in [2.24, 2.45) is 4.99 Å². The summed E-state index contributed by atoms with van der Waals surface area (Å²) in [6.07, 6.45) is 0. The number of hydrogen-bond donors (Lipinski definition) is 0. The first-order chi connectivity index (χ1) is 20.9. The number of allylic oxidation sites excluding steroid dienone is 1. The van der Waals surface area contributed by atoms with E-state index in [0.29, 0.717) is 45.2 Å². The van der Waals surface area contributed by atoms with Crippen LogP contribution in [0.15, 0.2) is 93.9 Å². The first kappa shape index (κ1) is 28.2. The highest BCUT2D eigenvalue weighted by molar-refractivity contribution is 7.07. The maximum atomic E-state index is 14.4. The average molecular weight is 596 g/mol. The Balaban J connectivity index is 1.60. The number of fused-ring (bicyclic) bond motifs is 2. The molecule has 1 amide bonds. The van der Waals surface area contributed by atoms with Crippen molar-refractivity contribution < 1.29 is 23.8 Å². The van der Waals surface area contributed by atoms with Crippen LogP contribution >= 0.6 is 11.3 Å². The first-order valence-electron chi connectivity index (χ1n) is 13.8. The predicted molar refractivity (Wildman–Crippen MR) is 163 cm³/mol. The number of carbonyl (C=O) groups is 2. The summed E-state index contributed by atoms with van der Waals surface area (Å²) >= 11 is 1.13. The van der Waals surface area contributed by atoms with Crippen LogP contribution in [0.5, 0.6) is 11.5 Å². The van der Waals surface area contributed by atoms with Gasteiger partial charge in [0.25, 0.3) is 11.5 Å². The average Bonchev–Trinajstić information content (AvgIpc) is 3.48. The van der Waals surface area contributed by atoms with Crippen molar-refractivity contribution in [1.29, 1.82) is 0 Å². The molecule has 0 aliphatic carbocycles. The fraction of sp³-hybridized carbons (Fsp3) is 0.212. The molecule has 1 aromatic heterocycles. The van der Waals surface area contributed by atoms with Crippen molar-refractivity contribution in [2.45, 2.75) is 26.4 Å². The molecule has 0 saturated carbocycles. The van der Waals surface area contributed by atoms with Crippen LogP contribution in [-0.4, -0.2) is 37.3 Å². The molecule has 3 aromatic carbocycles. The van der Waals surface area contributed by atoms with Gasteiger partial charge in [0.2, 0.25) is 0 Å². The molecule has 0 N–H and O–H groups in total. The van der Waals surface area contributed by atoms with Gasteiger partial charge in [0.05, 0.1) is 49.9 Å². The van der Waals surface area contributed by atoms with E-state index in [9.17, 15) is 14.4 Å². The standard InChI is InChI=1S/C33H29N3O6S/c1-5-42-32(39)26-19(2)34-33-36(28(26)23-16-15-21(40-3)17-25(23)41-4)31(38)29(43-33)27-22-13-9-10-14-24(22)35(30(27)37)18-20-11-7-6-8-12-20/h6-17,28H,5,18H2,1-4H3/b29-27-/t28-/m1/s1. The second-order valence-electron chi connectivity index (χ2n) is 10.00. The van der Waals surface area contributed by atoms with Crippen LogP contribution in [0.1, 0.15) is 36.6 Å². The third-order valence-corrected chi connectivity index (χ3v) is 8.62. The number of methoxy groups -OCH3 is 2. The minimum absolute atomic E-state index is 0.152. The largest absolute Gasteiger partial charge is 0.497 e. The number of esters is 1. The molecule has 218 valence electrons. The van der Waals surface area contributed by atoms with E-state index in [1.807, 2.05) is 54.6 Å². The Bertz CT molecular complexity index is 1980. The van der Waals surface area contributed by atoms with Crippen LogP contribution in [0.3, 0.4) is 0 Å². The molecule has 0 unspecified atom stereocenters. The van der Waals surface area contributed by atoms with E-state index in [0.717, 1.165) is 22.6 Å². The summed E-state index contributed by atoms with van der Waals surface area (Å²) in [6, 6.07) is 21.5. The van der Waals surface area contributed by atoms with E-state index in [1.165, 1.54) is 11.7 Å². The highest BCUT2D eigenvalue weighted by atomic mass is 32.1. The quantitative estimate of drug-likeness (QED) is 0.302. The van der Waals surface area contributed by atoms with Gasteiger partial charge in [-0.1, -0.05) is 59.9 Å². The number of nitrogens with zero attached hydrogens (tertiary/aromatic N) is 3. The van der Waals surface area contributed by atoms with Gasteiger partial charge in [0.1, 0.15) is 22.1 Å². The number of ether oxygens (including phenoxy) is 3. The maximum absolute atomic E-state index is 14.4. The van der Waals surface area contributed by atoms with Gasteiger partial charge in [0.15, 0.2) is 4.80 Å². The number of amides is 1. The Morgan fingerprint density at radius 3 is 2.44 bits per heavy atom. The van der Waals surface area contributed by atoms with Gasteiger partial charge in [-0.2, -0.15) is 0 Å². The van der Waals surface area contributed by atoms with Crippen molar-refractivity contribution in [2.75, 3.05) is 25.7 Å². The van der Waals surface area contributed by atoms with E-state index in [1.54, 1.807) is 44.1 Å². The smallest absolute Gasteiger partial charge is 0.338 e. The van der Waals surface area contributed by atoms with Gasteiger partial charge in [-0.3, -0.25) is 14.2 Å². The van der Waals surface area contributed by atoms with Gasteiger partial charge in [-0.05, 0) is 37.6 Å². The summed E-state index contributed by atoms with van der Waals surface area (Å²) in [5, 5.41) is 0. The van der Waals surface area contributed by atoms with Gasteiger partial charge in [0, 0.05) is 17.2 Å². The number of aromatic nitrogens is 1. The third-order valence-electron chi connectivity index (χ3n) is 7.56. The topological polar surface area (TPSA) is 99.4 Å². The van der Waals surface area contributed by atoms with Crippen LogP contribution < -0.4 is 29.3 Å². The van der Waals surface area contributed by atoms with E-state index < -0.39 is 17.6 Å². The molecule has 2 aliphatic rings. The monoisotopic (exact) mass is 595 g/mol. The molecule has 43 heavy (non-hydrogen) atoms. The van der Waals surface area contributed by atoms with E-state index >= 15 is 0 Å². The molecule has 0 fully saturated rings. The molecule has 0 bridgehead atoms. The molecule has 9 nitrogen and oxygen atoms in total. The van der Waals surface area contributed by atoms with Crippen LogP contribution in [0.4, 0.5) is 5.69 Å².